The second-order valence-corrected chi connectivity index (χ2v) is 4.08. The molecule has 0 aliphatic carbocycles. The molecule has 1 unspecified atom stereocenters. The second kappa shape index (κ2) is 7.94. The molecule has 0 aliphatic rings. The Labute approximate surface area is 98.6 Å². The van der Waals surface area contributed by atoms with Crippen LogP contribution < -0.4 is 11.1 Å². The molecule has 1 atom stereocenters. The Morgan fingerprint density at radius 1 is 1.25 bits per heavy atom. The minimum atomic E-state index is 0.667. The van der Waals surface area contributed by atoms with E-state index >= 15 is 0 Å². The van der Waals surface area contributed by atoms with Crippen molar-refractivity contribution in [3.63, 3.8) is 0 Å². The van der Waals surface area contributed by atoms with Crippen molar-refractivity contribution < 1.29 is 0 Å². The number of hydrogen-bond donors (Lipinski definition) is 2. The standard InChI is InChI=1S/C14H22N2/c1-2-16-11-9-14(8-10-15)12-13-6-4-3-5-7-13/h2-7,14,16H,1,8-12,15H2. The van der Waals surface area contributed by atoms with Crippen LogP contribution in [-0.2, 0) is 6.42 Å². The van der Waals surface area contributed by atoms with Gasteiger partial charge < -0.3 is 11.1 Å². The molecule has 0 heterocycles. The van der Waals surface area contributed by atoms with Gasteiger partial charge in [0.2, 0.25) is 0 Å². The Balaban J connectivity index is 2.40. The first-order valence-corrected chi connectivity index (χ1v) is 5.95. The van der Waals surface area contributed by atoms with Gasteiger partial charge in [-0.2, -0.15) is 0 Å². The average Bonchev–Trinajstić information content (AvgIpc) is 2.31. The van der Waals surface area contributed by atoms with Gasteiger partial charge in [-0.15, -0.1) is 0 Å². The van der Waals surface area contributed by atoms with E-state index in [1.807, 2.05) is 0 Å². The Kier molecular flexibility index (Phi) is 6.35. The highest BCUT2D eigenvalue weighted by Crippen LogP contribution is 2.14. The number of nitrogens with one attached hydrogen (secondary N) is 1. The molecule has 2 heteroatoms. The highest BCUT2D eigenvalue weighted by atomic mass is 14.8. The minimum absolute atomic E-state index is 0.667. The maximum atomic E-state index is 5.65. The molecule has 88 valence electrons. The Morgan fingerprint density at radius 3 is 2.62 bits per heavy atom. The summed E-state index contributed by atoms with van der Waals surface area (Å²) >= 11 is 0. The third kappa shape index (κ3) is 4.99. The third-order valence-electron chi connectivity index (χ3n) is 2.78. The van der Waals surface area contributed by atoms with E-state index in [1.54, 1.807) is 6.20 Å². The monoisotopic (exact) mass is 218 g/mol. The predicted molar refractivity (Wildman–Crippen MR) is 70.1 cm³/mol. The third-order valence-corrected chi connectivity index (χ3v) is 2.78. The van der Waals surface area contributed by atoms with E-state index in [1.165, 1.54) is 5.56 Å². The molecular formula is C14H22N2. The van der Waals surface area contributed by atoms with Crippen molar-refractivity contribution in [1.82, 2.24) is 5.32 Å². The molecule has 0 amide bonds. The molecule has 16 heavy (non-hydrogen) atoms. The molecule has 0 aromatic heterocycles. The van der Waals surface area contributed by atoms with E-state index in [9.17, 15) is 0 Å². The fourth-order valence-electron chi connectivity index (χ4n) is 1.92. The molecule has 0 radical (unpaired) electrons. The van der Waals surface area contributed by atoms with E-state index in [0.717, 1.165) is 32.4 Å². The molecular weight excluding hydrogens is 196 g/mol. The van der Waals surface area contributed by atoms with E-state index in [2.05, 4.69) is 42.2 Å². The fraction of sp³-hybridized carbons (Fsp3) is 0.429. The largest absolute Gasteiger partial charge is 0.391 e. The van der Waals surface area contributed by atoms with Gasteiger partial charge in [-0.1, -0.05) is 36.9 Å². The Bertz CT molecular complexity index is 282. The van der Waals surface area contributed by atoms with Gasteiger partial charge in [0.05, 0.1) is 0 Å². The summed E-state index contributed by atoms with van der Waals surface area (Å²) in [6.07, 6.45) is 5.12. The summed E-state index contributed by atoms with van der Waals surface area (Å²) in [7, 11) is 0. The van der Waals surface area contributed by atoms with E-state index in [4.69, 9.17) is 5.73 Å². The van der Waals surface area contributed by atoms with Crippen LogP contribution >= 0.6 is 0 Å². The summed E-state index contributed by atoms with van der Waals surface area (Å²) < 4.78 is 0. The van der Waals surface area contributed by atoms with Gasteiger partial charge >= 0.3 is 0 Å². The number of hydrogen-bond acceptors (Lipinski definition) is 2. The quantitative estimate of drug-likeness (QED) is 0.657. The van der Waals surface area contributed by atoms with Crippen molar-refractivity contribution in [1.29, 1.82) is 0 Å². The van der Waals surface area contributed by atoms with Crippen LogP contribution in [0.2, 0.25) is 0 Å². The molecule has 0 spiro atoms. The lowest BCUT2D eigenvalue weighted by molar-refractivity contribution is 0.450. The summed E-state index contributed by atoms with van der Waals surface area (Å²) in [5, 5.41) is 3.15. The lowest BCUT2D eigenvalue weighted by Crippen LogP contribution is -2.17. The Hall–Kier alpha value is -1.28. The van der Waals surface area contributed by atoms with Gasteiger partial charge in [-0.05, 0) is 43.5 Å². The molecule has 1 rings (SSSR count). The van der Waals surface area contributed by atoms with Gasteiger partial charge in [0.1, 0.15) is 0 Å². The van der Waals surface area contributed by atoms with Crippen molar-refractivity contribution in [2.75, 3.05) is 13.1 Å². The van der Waals surface area contributed by atoms with Gasteiger partial charge in [-0.3, -0.25) is 0 Å². The molecule has 2 nitrogen and oxygen atoms in total. The molecule has 0 bridgehead atoms. The van der Waals surface area contributed by atoms with Crippen LogP contribution in [0.15, 0.2) is 43.1 Å². The Morgan fingerprint density at radius 2 is 2.00 bits per heavy atom. The zero-order valence-corrected chi connectivity index (χ0v) is 9.86. The summed E-state index contributed by atoms with van der Waals surface area (Å²) in [4.78, 5) is 0. The molecule has 1 aromatic carbocycles. The van der Waals surface area contributed by atoms with Crippen molar-refractivity contribution >= 4 is 0 Å². The summed E-state index contributed by atoms with van der Waals surface area (Å²) in [6, 6.07) is 10.6. The lowest BCUT2D eigenvalue weighted by Gasteiger charge is -2.16. The number of rotatable bonds is 8. The predicted octanol–water partition coefficient (Wildman–Crippen LogP) is 2.32. The molecule has 0 saturated carbocycles. The van der Waals surface area contributed by atoms with E-state index < -0.39 is 0 Å². The van der Waals surface area contributed by atoms with E-state index in [-0.39, 0.29) is 0 Å². The van der Waals surface area contributed by atoms with Crippen LogP contribution in [0.4, 0.5) is 0 Å². The normalized spacial score (nSPS) is 12.1. The molecule has 0 fully saturated rings. The number of nitrogens with two attached hydrogens (primary N) is 1. The van der Waals surface area contributed by atoms with Gasteiger partial charge in [0.15, 0.2) is 0 Å². The summed E-state index contributed by atoms with van der Waals surface area (Å²) in [5.74, 6) is 0.667. The van der Waals surface area contributed by atoms with Crippen molar-refractivity contribution in [2.24, 2.45) is 11.7 Å². The SMILES string of the molecule is C=CNCCC(CCN)Cc1ccccc1. The molecule has 1 aromatic rings. The zero-order valence-electron chi connectivity index (χ0n) is 9.86. The summed E-state index contributed by atoms with van der Waals surface area (Å²) in [6.45, 7) is 5.41. The first-order chi connectivity index (χ1) is 7.86. The highest BCUT2D eigenvalue weighted by molar-refractivity contribution is 5.15. The van der Waals surface area contributed by atoms with Crippen molar-refractivity contribution in [2.45, 2.75) is 19.3 Å². The van der Waals surface area contributed by atoms with Crippen LogP contribution in [0.25, 0.3) is 0 Å². The smallest absolute Gasteiger partial charge is 0.0144 e. The molecule has 0 saturated heterocycles. The zero-order chi connectivity index (χ0) is 11.6. The fourth-order valence-corrected chi connectivity index (χ4v) is 1.92. The second-order valence-electron chi connectivity index (χ2n) is 4.08. The van der Waals surface area contributed by atoms with Crippen LogP contribution in [0, 0.1) is 5.92 Å². The van der Waals surface area contributed by atoms with Crippen LogP contribution in [0.1, 0.15) is 18.4 Å². The first-order valence-electron chi connectivity index (χ1n) is 5.95. The average molecular weight is 218 g/mol. The van der Waals surface area contributed by atoms with Crippen LogP contribution in [-0.4, -0.2) is 13.1 Å². The number of benzene rings is 1. The van der Waals surface area contributed by atoms with Gasteiger partial charge in [-0.25, -0.2) is 0 Å². The topological polar surface area (TPSA) is 38.0 Å². The maximum Gasteiger partial charge on any atom is 0.0144 e. The summed E-state index contributed by atoms with van der Waals surface area (Å²) in [5.41, 5.74) is 7.05. The molecule has 3 N–H and O–H groups in total. The lowest BCUT2D eigenvalue weighted by atomic mass is 9.93. The van der Waals surface area contributed by atoms with Gasteiger partial charge in [0, 0.05) is 6.54 Å². The van der Waals surface area contributed by atoms with Crippen LogP contribution in [0.3, 0.4) is 0 Å². The molecule has 0 aliphatic heterocycles. The highest BCUT2D eigenvalue weighted by Gasteiger charge is 2.08. The maximum absolute atomic E-state index is 5.65. The van der Waals surface area contributed by atoms with E-state index in [0.29, 0.717) is 5.92 Å². The van der Waals surface area contributed by atoms with Crippen molar-refractivity contribution in [3.05, 3.63) is 48.7 Å². The van der Waals surface area contributed by atoms with Crippen molar-refractivity contribution in [3.8, 4) is 0 Å². The minimum Gasteiger partial charge on any atom is -0.391 e. The van der Waals surface area contributed by atoms with Gasteiger partial charge in [0.25, 0.3) is 0 Å². The first kappa shape index (κ1) is 12.8. The van der Waals surface area contributed by atoms with Crippen LogP contribution in [0.5, 0.6) is 0 Å².